The standard InChI is InChI=1S/C34H45N/c1-31(2,3)22-16-18-27-24(20-22)25-21-23(32(4,5)6)17-19-28(25)35(27)29-15-13-14-26(33(7,8)9)30(29)34(10,11)12/h13-21H,1-12H3. The van der Waals surface area contributed by atoms with Gasteiger partial charge in [-0.25, -0.2) is 0 Å². The molecular formula is C34H45N. The van der Waals surface area contributed by atoms with Gasteiger partial charge in [-0.2, -0.15) is 0 Å². The molecule has 4 rings (SSSR count). The highest BCUT2D eigenvalue weighted by Gasteiger charge is 2.30. The van der Waals surface area contributed by atoms with E-state index in [0.717, 1.165) is 0 Å². The highest BCUT2D eigenvalue weighted by Crippen LogP contribution is 2.42. The Morgan fingerprint density at radius 2 is 0.943 bits per heavy atom. The van der Waals surface area contributed by atoms with E-state index in [2.05, 4.69) is 142 Å². The lowest BCUT2D eigenvalue weighted by atomic mass is 9.74. The average molecular weight is 468 g/mol. The van der Waals surface area contributed by atoms with Gasteiger partial charge < -0.3 is 4.57 Å². The molecule has 1 heteroatoms. The van der Waals surface area contributed by atoms with Crippen LogP contribution in [0.1, 0.15) is 105 Å². The van der Waals surface area contributed by atoms with Crippen molar-refractivity contribution < 1.29 is 0 Å². The van der Waals surface area contributed by atoms with E-state index in [4.69, 9.17) is 0 Å². The van der Waals surface area contributed by atoms with Crippen molar-refractivity contribution in [3.05, 3.63) is 76.9 Å². The van der Waals surface area contributed by atoms with Crippen molar-refractivity contribution in [1.82, 2.24) is 4.57 Å². The molecule has 3 aromatic carbocycles. The van der Waals surface area contributed by atoms with Crippen molar-refractivity contribution in [2.45, 2.75) is 105 Å². The summed E-state index contributed by atoms with van der Waals surface area (Å²) in [6.45, 7) is 27.9. The van der Waals surface area contributed by atoms with Gasteiger partial charge in [0.2, 0.25) is 0 Å². The first-order chi connectivity index (χ1) is 15.9. The summed E-state index contributed by atoms with van der Waals surface area (Å²) in [5, 5.41) is 2.69. The highest BCUT2D eigenvalue weighted by molar-refractivity contribution is 6.10. The van der Waals surface area contributed by atoms with Crippen LogP contribution in [0, 0.1) is 0 Å². The van der Waals surface area contributed by atoms with Crippen LogP contribution in [0.5, 0.6) is 0 Å². The Morgan fingerprint density at radius 1 is 0.486 bits per heavy atom. The third-order valence-corrected chi connectivity index (χ3v) is 7.34. The maximum Gasteiger partial charge on any atom is 0.0541 e. The van der Waals surface area contributed by atoms with Gasteiger partial charge in [-0.1, -0.05) is 107 Å². The molecule has 0 fully saturated rings. The third kappa shape index (κ3) is 4.55. The summed E-state index contributed by atoms with van der Waals surface area (Å²) in [5.41, 5.74) is 9.79. The molecule has 1 nitrogen and oxygen atoms in total. The Kier molecular flexibility index (Phi) is 5.83. The molecule has 0 saturated carbocycles. The molecule has 0 bridgehead atoms. The molecule has 0 atom stereocenters. The fourth-order valence-corrected chi connectivity index (χ4v) is 5.36. The predicted molar refractivity (Wildman–Crippen MR) is 156 cm³/mol. The minimum atomic E-state index is 0.0127. The number of benzene rings is 3. The predicted octanol–water partition coefficient (Wildman–Crippen LogP) is 9.97. The van der Waals surface area contributed by atoms with Crippen molar-refractivity contribution in [1.29, 1.82) is 0 Å². The van der Waals surface area contributed by atoms with Crippen LogP contribution in [0.3, 0.4) is 0 Å². The lowest BCUT2D eigenvalue weighted by molar-refractivity contribution is 0.528. The first-order valence-electron chi connectivity index (χ1n) is 13.1. The number of hydrogen-bond acceptors (Lipinski definition) is 0. The van der Waals surface area contributed by atoms with Gasteiger partial charge in [0.05, 0.1) is 16.7 Å². The molecule has 0 aliphatic heterocycles. The summed E-state index contributed by atoms with van der Waals surface area (Å²) in [6.07, 6.45) is 0. The van der Waals surface area contributed by atoms with E-state index in [-0.39, 0.29) is 21.7 Å². The first kappa shape index (κ1) is 25.5. The Labute approximate surface area is 213 Å². The van der Waals surface area contributed by atoms with Crippen LogP contribution >= 0.6 is 0 Å². The topological polar surface area (TPSA) is 4.93 Å². The Bertz CT molecular complexity index is 1330. The van der Waals surface area contributed by atoms with Gasteiger partial charge in [0.15, 0.2) is 0 Å². The van der Waals surface area contributed by atoms with E-state index in [1.54, 1.807) is 0 Å². The smallest absolute Gasteiger partial charge is 0.0541 e. The zero-order valence-corrected chi connectivity index (χ0v) is 24.1. The highest BCUT2D eigenvalue weighted by atomic mass is 15.0. The second kappa shape index (κ2) is 7.99. The Hall–Kier alpha value is -2.54. The van der Waals surface area contributed by atoms with Gasteiger partial charge in [-0.15, -0.1) is 0 Å². The van der Waals surface area contributed by atoms with Crippen LogP contribution < -0.4 is 0 Å². The SMILES string of the molecule is CC(C)(C)c1ccc2c(c1)c1cc(C(C)(C)C)ccc1n2-c1cccc(C(C)(C)C)c1C(C)(C)C. The van der Waals surface area contributed by atoms with E-state index in [1.165, 1.54) is 49.7 Å². The molecule has 0 unspecified atom stereocenters. The van der Waals surface area contributed by atoms with Gasteiger partial charge in [0.1, 0.15) is 0 Å². The maximum absolute atomic E-state index is 2.53. The Morgan fingerprint density at radius 3 is 1.31 bits per heavy atom. The van der Waals surface area contributed by atoms with Crippen molar-refractivity contribution >= 4 is 21.8 Å². The number of nitrogens with zero attached hydrogens (tertiary/aromatic N) is 1. The summed E-state index contributed by atoms with van der Waals surface area (Å²) in [6, 6.07) is 21.1. The monoisotopic (exact) mass is 467 g/mol. The summed E-state index contributed by atoms with van der Waals surface area (Å²) < 4.78 is 2.53. The summed E-state index contributed by atoms with van der Waals surface area (Å²) in [4.78, 5) is 0. The number of aromatic nitrogens is 1. The Balaban J connectivity index is 2.21. The van der Waals surface area contributed by atoms with Gasteiger partial charge in [0.25, 0.3) is 0 Å². The van der Waals surface area contributed by atoms with Crippen LogP contribution in [0.25, 0.3) is 27.5 Å². The summed E-state index contributed by atoms with van der Waals surface area (Å²) in [5.74, 6) is 0. The van der Waals surface area contributed by atoms with Crippen molar-refractivity contribution in [3.63, 3.8) is 0 Å². The van der Waals surface area contributed by atoms with Gasteiger partial charge in [-0.3, -0.25) is 0 Å². The molecule has 4 aromatic rings. The molecule has 1 heterocycles. The second-order valence-corrected chi connectivity index (χ2v) is 14.5. The lowest BCUT2D eigenvalue weighted by Crippen LogP contribution is -2.24. The maximum atomic E-state index is 2.53. The van der Waals surface area contributed by atoms with Crippen LogP contribution in [0.15, 0.2) is 54.6 Å². The average Bonchev–Trinajstić information content (AvgIpc) is 3.03. The van der Waals surface area contributed by atoms with E-state index >= 15 is 0 Å². The minimum absolute atomic E-state index is 0.0127. The van der Waals surface area contributed by atoms with E-state index in [9.17, 15) is 0 Å². The second-order valence-electron chi connectivity index (χ2n) is 14.5. The normalized spacial score (nSPS) is 13.7. The van der Waals surface area contributed by atoms with Crippen LogP contribution in [-0.4, -0.2) is 4.57 Å². The first-order valence-corrected chi connectivity index (χ1v) is 13.1. The van der Waals surface area contributed by atoms with Crippen molar-refractivity contribution in [3.8, 4) is 5.69 Å². The molecule has 0 aliphatic rings. The van der Waals surface area contributed by atoms with Crippen LogP contribution in [0.2, 0.25) is 0 Å². The fourth-order valence-electron chi connectivity index (χ4n) is 5.36. The van der Waals surface area contributed by atoms with Gasteiger partial charge >= 0.3 is 0 Å². The molecule has 0 N–H and O–H groups in total. The van der Waals surface area contributed by atoms with E-state index in [1.807, 2.05) is 0 Å². The van der Waals surface area contributed by atoms with Crippen molar-refractivity contribution in [2.75, 3.05) is 0 Å². The van der Waals surface area contributed by atoms with Gasteiger partial charge in [0, 0.05) is 10.8 Å². The van der Waals surface area contributed by atoms with Gasteiger partial charge in [-0.05, 0) is 74.2 Å². The molecule has 0 aliphatic carbocycles. The molecule has 1 aromatic heterocycles. The molecule has 35 heavy (non-hydrogen) atoms. The zero-order valence-electron chi connectivity index (χ0n) is 24.1. The largest absolute Gasteiger partial charge is 0.309 e. The van der Waals surface area contributed by atoms with Crippen LogP contribution in [0.4, 0.5) is 0 Å². The molecular weight excluding hydrogens is 422 g/mol. The summed E-state index contributed by atoms with van der Waals surface area (Å²) >= 11 is 0. The summed E-state index contributed by atoms with van der Waals surface area (Å²) in [7, 11) is 0. The quantitative estimate of drug-likeness (QED) is 0.262. The lowest BCUT2D eigenvalue weighted by Gasteiger charge is -2.33. The molecule has 0 spiro atoms. The van der Waals surface area contributed by atoms with Crippen LogP contribution in [-0.2, 0) is 21.7 Å². The third-order valence-electron chi connectivity index (χ3n) is 7.34. The van der Waals surface area contributed by atoms with E-state index in [0.29, 0.717) is 0 Å². The number of fused-ring (bicyclic) bond motifs is 3. The molecule has 186 valence electrons. The van der Waals surface area contributed by atoms with E-state index < -0.39 is 0 Å². The number of rotatable bonds is 1. The number of hydrogen-bond donors (Lipinski definition) is 0. The fraction of sp³-hybridized carbons (Fsp3) is 0.471. The zero-order chi connectivity index (χ0) is 26.1. The van der Waals surface area contributed by atoms with Crippen molar-refractivity contribution in [2.24, 2.45) is 0 Å². The minimum Gasteiger partial charge on any atom is -0.309 e. The molecule has 0 amide bonds. The molecule has 0 saturated heterocycles. The molecule has 0 radical (unpaired) electrons.